The highest BCUT2D eigenvalue weighted by Crippen LogP contribution is 2.23. The number of nitro benzene ring substituents is 1. The van der Waals surface area contributed by atoms with Crippen LogP contribution in [0.15, 0.2) is 42.5 Å². The van der Waals surface area contributed by atoms with Crippen molar-refractivity contribution in [1.29, 1.82) is 0 Å². The molecule has 0 aliphatic heterocycles. The number of nitrogens with one attached hydrogen (secondary N) is 1. The number of hydrogen-bond donors (Lipinski definition) is 1. The zero-order valence-corrected chi connectivity index (χ0v) is 14.0. The third-order valence-electron chi connectivity index (χ3n) is 3.36. The number of nitrogens with zero attached hydrogens (tertiary/aromatic N) is 1. The van der Waals surface area contributed by atoms with Gasteiger partial charge in [-0.05, 0) is 24.6 Å². The Kier molecular flexibility index (Phi) is 6.36. The van der Waals surface area contributed by atoms with E-state index in [0.717, 1.165) is 6.07 Å². The standard InChI is InChI=1S/C17H14F2N2O6/c1-10-6-7-11(21(24)25)8-13(10)20-15(22)9-26-16(23)12-4-2-3-5-14(12)27-17(18)19/h2-8,17H,9H2,1H3,(H,20,22). The largest absolute Gasteiger partial charge is 0.452 e. The quantitative estimate of drug-likeness (QED) is 0.449. The summed E-state index contributed by atoms with van der Waals surface area (Å²) >= 11 is 0. The number of esters is 1. The zero-order chi connectivity index (χ0) is 20.0. The lowest BCUT2D eigenvalue weighted by Crippen LogP contribution is -2.22. The van der Waals surface area contributed by atoms with Gasteiger partial charge in [0.1, 0.15) is 11.3 Å². The first-order valence-electron chi connectivity index (χ1n) is 7.54. The minimum absolute atomic E-state index is 0.187. The van der Waals surface area contributed by atoms with Gasteiger partial charge in [-0.3, -0.25) is 14.9 Å². The number of rotatable bonds is 7. The molecule has 2 rings (SSSR count). The number of nitro groups is 1. The highest BCUT2D eigenvalue weighted by molar-refractivity contribution is 5.97. The van der Waals surface area contributed by atoms with Gasteiger partial charge in [-0.1, -0.05) is 18.2 Å². The smallest absolute Gasteiger partial charge is 0.387 e. The van der Waals surface area contributed by atoms with Crippen molar-refractivity contribution in [3.63, 3.8) is 0 Å². The summed E-state index contributed by atoms with van der Waals surface area (Å²) in [5, 5.41) is 13.2. The molecule has 0 aliphatic carbocycles. The van der Waals surface area contributed by atoms with E-state index in [-0.39, 0.29) is 22.7 Å². The van der Waals surface area contributed by atoms with Gasteiger partial charge in [-0.25, -0.2) is 4.79 Å². The molecule has 2 aromatic rings. The molecule has 0 unspecified atom stereocenters. The summed E-state index contributed by atoms with van der Waals surface area (Å²) in [5.74, 6) is -2.16. The molecular weight excluding hydrogens is 366 g/mol. The number of non-ortho nitro benzene ring substituents is 1. The number of aryl methyl sites for hydroxylation is 1. The molecule has 1 amide bonds. The lowest BCUT2D eigenvalue weighted by atomic mass is 10.2. The monoisotopic (exact) mass is 380 g/mol. The zero-order valence-electron chi connectivity index (χ0n) is 14.0. The number of anilines is 1. The predicted octanol–water partition coefficient (Wildman–Crippen LogP) is 3.30. The molecule has 0 atom stereocenters. The lowest BCUT2D eigenvalue weighted by molar-refractivity contribution is -0.384. The Morgan fingerprint density at radius 1 is 1.22 bits per heavy atom. The number of alkyl halides is 2. The molecule has 0 saturated heterocycles. The average Bonchev–Trinajstić information content (AvgIpc) is 2.61. The molecule has 0 bridgehead atoms. The van der Waals surface area contributed by atoms with Crippen molar-refractivity contribution < 1.29 is 32.8 Å². The Balaban J connectivity index is 2.01. The first-order chi connectivity index (χ1) is 12.8. The molecule has 0 aromatic heterocycles. The van der Waals surface area contributed by atoms with Crippen LogP contribution in [0.25, 0.3) is 0 Å². The predicted molar refractivity (Wildman–Crippen MR) is 89.8 cm³/mol. The van der Waals surface area contributed by atoms with Crippen molar-refractivity contribution in [3.8, 4) is 5.75 Å². The van der Waals surface area contributed by atoms with E-state index in [2.05, 4.69) is 10.1 Å². The number of benzene rings is 2. The Morgan fingerprint density at radius 2 is 1.93 bits per heavy atom. The minimum atomic E-state index is -3.13. The number of hydrogen-bond acceptors (Lipinski definition) is 6. The maximum Gasteiger partial charge on any atom is 0.387 e. The maximum atomic E-state index is 12.4. The number of halogens is 2. The maximum absolute atomic E-state index is 12.4. The van der Waals surface area contributed by atoms with Crippen LogP contribution in [0.5, 0.6) is 5.75 Å². The van der Waals surface area contributed by atoms with Gasteiger partial charge in [0, 0.05) is 12.1 Å². The van der Waals surface area contributed by atoms with Crippen LogP contribution in [0.1, 0.15) is 15.9 Å². The van der Waals surface area contributed by atoms with Crippen molar-refractivity contribution in [2.75, 3.05) is 11.9 Å². The van der Waals surface area contributed by atoms with Crippen LogP contribution in [-0.2, 0) is 9.53 Å². The Morgan fingerprint density at radius 3 is 2.59 bits per heavy atom. The summed E-state index contributed by atoms with van der Waals surface area (Å²) < 4.78 is 33.7. The molecule has 142 valence electrons. The van der Waals surface area contributed by atoms with E-state index < -0.39 is 30.0 Å². The van der Waals surface area contributed by atoms with E-state index in [9.17, 15) is 28.5 Å². The van der Waals surface area contributed by atoms with Crippen molar-refractivity contribution >= 4 is 23.3 Å². The third-order valence-corrected chi connectivity index (χ3v) is 3.36. The first kappa shape index (κ1) is 19.8. The fourth-order valence-corrected chi connectivity index (χ4v) is 2.09. The molecular formula is C17H14F2N2O6. The molecule has 1 N–H and O–H groups in total. The summed E-state index contributed by atoms with van der Waals surface area (Å²) in [6.07, 6.45) is 0. The number of para-hydroxylation sites is 1. The van der Waals surface area contributed by atoms with Crippen LogP contribution in [0.4, 0.5) is 20.2 Å². The number of ether oxygens (including phenoxy) is 2. The van der Waals surface area contributed by atoms with E-state index >= 15 is 0 Å². The average molecular weight is 380 g/mol. The fraction of sp³-hybridized carbons (Fsp3) is 0.176. The van der Waals surface area contributed by atoms with Crippen LogP contribution >= 0.6 is 0 Å². The molecule has 27 heavy (non-hydrogen) atoms. The van der Waals surface area contributed by atoms with Crippen molar-refractivity contribution in [2.45, 2.75) is 13.5 Å². The molecule has 2 aromatic carbocycles. The van der Waals surface area contributed by atoms with Crippen LogP contribution in [0, 0.1) is 17.0 Å². The highest BCUT2D eigenvalue weighted by atomic mass is 19.3. The van der Waals surface area contributed by atoms with Crippen molar-refractivity contribution in [1.82, 2.24) is 0 Å². The van der Waals surface area contributed by atoms with Crippen LogP contribution in [0.3, 0.4) is 0 Å². The second-order valence-corrected chi connectivity index (χ2v) is 5.26. The molecule has 0 heterocycles. The van der Waals surface area contributed by atoms with Gasteiger partial charge < -0.3 is 14.8 Å². The van der Waals surface area contributed by atoms with Gasteiger partial charge in [0.2, 0.25) is 0 Å². The summed E-state index contributed by atoms with van der Waals surface area (Å²) in [6, 6.07) is 9.09. The molecule has 0 fully saturated rings. The summed E-state index contributed by atoms with van der Waals surface area (Å²) in [4.78, 5) is 34.1. The number of carbonyl (C=O) groups excluding carboxylic acids is 2. The highest BCUT2D eigenvalue weighted by Gasteiger charge is 2.18. The van der Waals surface area contributed by atoms with Crippen molar-refractivity contribution in [2.24, 2.45) is 0 Å². The number of amides is 1. The molecule has 0 saturated carbocycles. The summed E-state index contributed by atoms with van der Waals surface area (Å²) in [5.41, 5.74) is 0.269. The fourth-order valence-electron chi connectivity index (χ4n) is 2.09. The Hall–Kier alpha value is -3.56. The molecule has 0 aliphatic rings. The van der Waals surface area contributed by atoms with Crippen LogP contribution in [0.2, 0.25) is 0 Å². The SMILES string of the molecule is Cc1ccc([N+](=O)[O-])cc1NC(=O)COC(=O)c1ccccc1OC(F)F. The van der Waals surface area contributed by atoms with E-state index in [1.165, 1.54) is 36.4 Å². The molecule has 0 spiro atoms. The van der Waals surface area contributed by atoms with Crippen LogP contribution in [-0.4, -0.2) is 30.0 Å². The normalized spacial score (nSPS) is 10.4. The van der Waals surface area contributed by atoms with Gasteiger partial charge in [0.25, 0.3) is 11.6 Å². The van der Waals surface area contributed by atoms with Crippen molar-refractivity contribution in [3.05, 3.63) is 63.7 Å². The summed E-state index contributed by atoms with van der Waals surface area (Å²) in [6.45, 7) is -2.22. The molecule has 10 heteroatoms. The van der Waals surface area contributed by atoms with Gasteiger partial charge in [-0.15, -0.1) is 0 Å². The first-order valence-corrected chi connectivity index (χ1v) is 7.54. The van der Waals surface area contributed by atoms with E-state index in [0.29, 0.717) is 5.56 Å². The minimum Gasteiger partial charge on any atom is -0.452 e. The van der Waals surface area contributed by atoms with Gasteiger partial charge in [-0.2, -0.15) is 8.78 Å². The Bertz CT molecular complexity index is 872. The summed E-state index contributed by atoms with van der Waals surface area (Å²) in [7, 11) is 0. The van der Waals surface area contributed by atoms with E-state index in [1.807, 2.05) is 0 Å². The number of carbonyl (C=O) groups is 2. The molecule has 0 radical (unpaired) electrons. The van der Waals surface area contributed by atoms with E-state index in [4.69, 9.17) is 4.74 Å². The second kappa shape index (κ2) is 8.70. The molecule has 8 nitrogen and oxygen atoms in total. The Labute approximate surface area is 151 Å². The van der Waals surface area contributed by atoms with Crippen LogP contribution < -0.4 is 10.1 Å². The van der Waals surface area contributed by atoms with Gasteiger partial charge >= 0.3 is 12.6 Å². The topological polar surface area (TPSA) is 108 Å². The van der Waals surface area contributed by atoms with E-state index in [1.54, 1.807) is 6.92 Å². The second-order valence-electron chi connectivity index (χ2n) is 5.26. The van der Waals surface area contributed by atoms with Gasteiger partial charge in [0.05, 0.1) is 10.6 Å². The third kappa shape index (κ3) is 5.46. The van der Waals surface area contributed by atoms with Gasteiger partial charge in [0.15, 0.2) is 6.61 Å². The lowest BCUT2D eigenvalue weighted by Gasteiger charge is -2.11.